The molecule has 4 atom stereocenters. The number of likely N-dealkylation sites (N-methyl/N-ethyl adjacent to an activating group) is 1. The summed E-state index contributed by atoms with van der Waals surface area (Å²) in [7, 11) is 1.57. The van der Waals surface area contributed by atoms with Crippen molar-refractivity contribution in [2.45, 2.75) is 82.5 Å². The maximum atomic E-state index is 14.0. The first kappa shape index (κ1) is 25.9. The number of ether oxygens (including phenoxy) is 1. The van der Waals surface area contributed by atoms with Crippen LogP contribution in [0.25, 0.3) is 0 Å². The molecule has 202 valence electrons. The Bertz CT molecular complexity index is 1200. The van der Waals surface area contributed by atoms with Gasteiger partial charge in [0.25, 0.3) is 5.91 Å². The predicted molar refractivity (Wildman–Crippen MR) is 135 cm³/mol. The zero-order valence-corrected chi connectivity index (χ0v) is 22.0. The highest BCUT2D eigenvalue weighted by atomic mass is 16.5. The zero-order valence-electron chi connectivity index (χ0n) is 22.0. The Balaban J connectivity index is 1.33. The van der Waals surface area contributed by atoms with Crippen LogP contribution in [0.4, 0.5) is 5.82 Å². The summed E-state index contributed by atoms with van der Waals surface area (Å²) in [5.74, 6) is -0.381. The van der Waals surface area contributed by atoms with Crippen LogP contribution in [0, 0.1) is 22.7 Å². The number of nitrogens with one attached hydrogen (secondary N) is 2. The molecule has 1 saturated heterocycles. The average molecular weight is 523 g/mol. The lowest BCUT2D eigenvalue weighted by atomic mass is 9.70. The monoisotopic (exact) mass is 522 g/mol. The summed E-state index contributed by atoms with van der Waals surface area (Å²) < 4.78 is 6.07. The average Bonchev–Trinajstić information content (AvgIpc) is 3.63. The number of nitrogens with zero attached hydrogens (tertiary/aromatic N) is 4. The molecule has 4 amide bonds. The van der Waals surface area contributed by atoms with E-state index in [1.165, 1.54) is 16.0 Å². The summed E-state index contributed by atoms with van der Waals surface area (Å²) in [6.07, 6.45) is 6.52. The molecule has 4 aliphatic rings. The number of anilines is 1. The minimum Gasteiger partial charge on any atom is -0.472 e. The van der Waals surface area contributed by atoms with E-state index in [1.807, 2.05) is 6.92 Å². The summed E-state index contributed by atoms with van der Waals surface area (Å²) >= 11 is 0. The number of pyridine rings is 1. The van der Waals surface area contributed by atoms with Crippen molar-refractivity contribution in [3.63, 3.8) is 0 Å². The Hall–Kier alpha value is -3.68. The van der Waals surface area contributed by atoms with Crippen molar-refractivity contribution in [1.29, 1.82) is 5.26 Å². The molecule has 4 unspecified atom stereocenters. The van der Waals surface area contributed by atoms with Gasteiger partial charge < -0.3 is 25.2 Å². The van der Waals surface area contributed by atoms with Crippen LogP contribution in [0.2, 0.25) is 0 Å². The van der Waals surface area contributed by atoms with E-state index >= 15 is 0 Å². The molecule has 2 N–H and O–H groups in total. The summed E-state index contributed by atoms with van der Waals surface area (Å²) in [6.45, 7) is 3.42. The summed E-state index contributed by atoms with van der Waals surface area (Å²) in [5.41, 5.74) is -1.87. The maximum absolute atomic E-state index is 14.0. The van der Waals surface area contributed by atoms with E-state index in [9.17, 15) is 24.4 Å². The van der Waals surface area contributed by atoms with E-state index in [2.05, 4.69) is 21.7 Å². The minimum atomic E-state index is -1.42. The van der Waals surface area contributed by atoms with Gasteiger partial charge in [-0.25, -0.2) is 4.98 Å². The molecule has 1 aromatic heterocycles. The smallest absolute Gasteiger partial charge is 0.271 e. The lowest BCUT2D eigenvalue weighted by Gasteiger charge is -2.38. The first-order valence-electron chi connectivity index (χ1n) is 13.3. The van der Waals surface area contributed by atoms with E-state index in [0.29, 0.717) is 23.9 Å². The molecule has 2 saturated carbocycles. The Morgan fingerprint density at radius 3 is 2.74 bits per heavy atom. The van der Waals surface area contributed by atoms with Crippen LogP contribution < -0.4 is 15.4 Å². The lowest BCUT2D eigenvalue weighted by Crippen LogP contribution is -2.57. The number of aromatic nitrogens is 1. The highest BCUT2D eigenvalue weighted by molar-refractivity contribution is 6.01. The molecule has 1 aromatic rings. The maximum Gasteiger partial charge on any atom is 0.271 e. The van der Waals surface area contributed by atoms with Gasteiger partial charge in [0.2, 0.25) is 23.3 Å². The zero-order chi connectivity index (χ0) is 27.2. The van der Waals surface area contributed by atoms with Gasteiger partial charge in [-0.3, -0.25) is 19.2 Å². The summed E-state index contributed by atoms with van der Waals surface area (Å²) in [4.78, 5) is 60.0. The molecule has 2 aliphatic carbocycles. The van der Waals surface area contributed by atoms with Gasteiger partial charge in [0.1, 0.15) is 18.1 Å². The minimum absolute atomic E-state index is 0.00819. The Morgan fingerprint density at radius 1 is 1.37 bits per heavy atom. The molecular formula is C27H34N6O5. The van der Waals surface area contributed by atoms with Gasteiger partial charge in [0.15, 0.2) is 11.6 Å². The Kier molecular flexibility index (Phi) is 6.53. The highest BCUT2D eigenvalue weighted by Gasteiger charge is 2.56. The van der Waals surface area contributed by atoms with Crippen LogP contribution in [-0.2, 0) is 19.2 Å². The fourth-order valence-electron chi connectivity index (χ4n) is 5.61. The number of carbonyl (C=O) groups excluding carboxylic acids is 4. The van der Waals surface area contributed by atoms with Crippen molar-refractivity contribution in [3.8, 4) is 11.8 Å². The molecule has 1 spiro atoms. The van der Waals surface area contributed by atoms with E-state index in [-0.39, 0.29) is 24.8 Å². The molecule has 11 heteroatoms. The van der Waals surface area contributed by atoms with Crippen molar-refractivity contribution in [2.75, 3.05) is 18.9 Å². The number of carbonyl (C=O) groups is 4. The van der Waals surface area contributed by atoms with E-state index < -0.39 is 41.0 Å². The second kappa shape index (κ2) is 9.57. The Labute approximate surface area is 221 Å². The van der Waals surface area contributed by atoms with E-state index in [1.54, 1.807) is 26.1 Å². The number of nitriles is 1. The quantitative estimate of drug-likeness (QED) is 0.553. The van der Waals surface area contributed by atoms with Crippen molar-refractivity contribution >= 4 is 29.4 Å². The molecule has 0 radical (unpaired) electrons. The molecule has 0 bridgehead atoms. The first-order valence-corrected chi connectivity index (χ1v) is 13.3. The van der Waals surface area contributed by atoms with Gasteiger partial charge in [-0.15, -0.1) is 0 Å². The molecule has 3 fully saturated rings. The van der Waals surface area contributed by atoms with Gasteiger partial charge in [0, 0.05) is 25.1 Å². The van der Waals surface area contributed by atoms with Crippen LogP contribution in [0.15, 0.2) is 18.3 Å². The standard InChI is InChI=1S/C27H34N6O5/c1-16(30-24(36)26(2)9-5-10-26)22(34)32(3)19(12-17-7-8-17)23(35)33-15-27(13-18(33)14-28)25(37)31-21-20(38-27)6-4-11-29-21/h4,6,11,16-19H,5,7-10,12-13,15H2,1-3H3,(H,30,36)(H,29,31,37). The van der Waals surface area contributed by atoms with Crippen molar-refractivity contribution in [1.82, 2.24) is 20.1 Å². The number of hydrogen-bond acceptors (Lipinski definition) is 7. The predicted octanol–water partition coefficient (Wildman–Crippen LogP) is 1.60. The number of hydrogen-bond donors (Lipinski definition) is 2. The van der Waals surface area contributed by atoms with Crippen LogP contribution in [0.1, 0.15) is 58.8 Å². The SMILES string of the molecule is CC(NC(=O)C1(C)CCC1)C(=O)N(C)C(CC1CC1)C(=O)N1CC2(CC1C#N)Oc1cccnc1NC2=O. The topological polar surface area (TPSA) is 145 Å². The van der Waals surface area contributed by atoms with Gasteiger partial charge in [-0.05, 0) is 44.2 Å². The van der Waals surface area contributed by atoms with Gasteiger partial charge in [-0.2, -0.15) is 5.26 Å². The highest BCUT2D eigenvalue weighted by Crippen LogP contribution is 2.42. The van der Waals surface area contributed by atoms with Crippen LogP contribution in [-0.4, -0.2) is 75.7 Å². The summed E-state index contributed by atoms with van der Waals surface area (Å²) in [6, 6.07) is 3.00. The molecule has 5 rings (SSSR count). The second-order valence-electron chi connectivity index (χ2n) is 11.5. The molecule has 2 aliphatic heterocycles. The number of likely N-dealkylation sites (tertiary alicyclic amines) is 1. The second-order valence-corrected chi connectivity index (χ2v) is 11.5. The largest absolute Gasteiger partial charge is 0.472 e. The van der Waals surface area contributed by atoms with E-state index in [4.69, 9.17) is 4.74 Å². The molecule has 0 aromatic carbocycles. The van der Waals surface area contributed by atoms with Crippen molar-refractivity contribution in [2.24, 2.45) is 11.3 Å². The number of rotatable bonds is 7. The third kappa shape index (κ3) is 4.57. The van der Waals surface area contributed by atoms with Gasteiger partial charge in [-0.1, -0.05) is 26.2 Å². The van der Waals surface area contributed by atoms with Crippen LogP contribution >= 0.6 is 0 Å². The van der Waals surface area contributed by atoms with Crippen molar-refractivity contribution < 1.29 is 23.9 Å². The van der Waals surface area contributed by atoms with Gasteiger partial charge >= 0.3 is 0 Å². The van der Waals surface area contributed by atoms with E-state index in [0.717, 1.165) is 32.1 Å². The molecule has 38 heavy (non-hydrogen) atoms. The number of fused-ring (bicyclic) bond motifs is 1. The molecule has 3 heterocycles. The fraction of sp³-hybridized carbons (Fsp3) is 0.630. The van der Waals surface area contributed by atoms with Crippen LogP contribution in [0.3, 0.4) is 0 Å². The van der Waals surface area contributed by atoms with Crippen LogP contribution in [0.5, 0.6) is 5.75 Å². The summed E-state index contributed by atoms with van der Waals surface area (Å²) in [5, 5.41) is 15.5. The molecular weight excluding hydrogens is 488 g/mol. The third-order valence-corrected chi connectivity index (χ3v) is 8.56. The van der Waals surface area contributed by atoms with Gasteiger partial charge in [0.05, 0.1) is 12.6 Å². The third-order valence-electron chi connectivity index (χ3n) is 8.56. The van der Waals surface area contributed by atoms with Crippen molar-refractivity contribution in [3.05, 3.63) is 18.3 Å². The fourth-order valence-corrected chi connectivity index (χ4v) is 5.61. The Morgan fingerprint density at radius 2 is 2.11 bits per heavy atom. The lowest BCUT2D eigenvalue weighted by molar-refractivity contribution is -0.148. The first-order chi connectivity index (χ1) is 18.1. The molecule has 11 nitrogen and oxygen atoms in total. The number of amides is 4. The normalized spacial score (nSPS) is 26.6.